The van der Waals surface area contributed by atoms with E-state index in [-0.39, 0.29) is 19.1 Å². The molecule has 0 rings (SSSR count). The number of carbonyl (C=O) groups is 1. The molecule has 52 heavy (non-hydrogen) atoms. The van der Waals surface area contributed by atoms with E-state index in [9.17, 15) is 19.4 Å². The van der Waals surface area contributed by atoms with Crippen LogP contribution in [0.3, 0.4) is 0 Å². The number of rotatable bonds is 41. The first-order valence-corrected chi connectivity index (χ1v) is 23.8. The Bertz CT molecular complexity index is 824. The van der Waals surface area contributed by atoms with Gasteiger partial charge in [-0.05, 0) is 12.8 Å². The lowest BCUT2D eigenvalue weighted by atomic mass is 10.0. The second kappa shape index (κ2) is 36.2. The van der Waals surface area contributed by atoms with Gasteiger partial charge in [0.25, 0.3) is 7.82 Å². The van der Waals surface area contributed by atoms with Crippen molar-refractivity contribution in [3.8, 4) is 0 Å². The molecule has 8 nitrogen and oxygen atoms in total. The summed E-state index contributed by atoms with van der Waals surface area (Å²) in [6, 6.07) is -0.790. The Morgan fingerprint density at radius 2 is 0.942 bits per heavy atom. The van der Waals surface area contributed by atoms with Crippen molar-refractivity contribution in [1.82, 2.24) is 5.32 Å². The monoisotopic (exact) mass is 761 g/mol. The van der Waals surface area contributed by atoms with E-state index >= 15 is 0 Å². The number of quaternary nitrogens is 1. The quantitative estimate of drug-likeness (QED) is 0.0365. The molecule has 0 aromatic heterocycles. The molecular weight excluding hydrogens is 671 g/mol. The second-order valence-corrected chi connectivity index (χ2v) is 18.2. The average molecular weight is 761 g/mol. The number of phosphoric acid groups is 1. The minimum atomic E-state index is -4.54. The Morgan fingerprint density at radius 3 is 1.31 bits per heavy atom. The van der Waals surface area contributed by atoms with Gasteiger partial charge in [0, 0.05) is 6.42 Å². The van der Waals surface area contributed by atoms with Crippen molar-refractivity contribution >= 4 is 13.7 Å². The maximum absolute atomic E-state index is 12.6. The Hall–Kier alpha value is -0.500. The number of nitrogens with one attached hydrogen (secondary N) is 1. The summed E-state index contributed by atoms with van der Waals surface area (Å²) < 4.78 is 23.1. The van der Waals surface area contributed by atoms with Gasteiger partial charge in [0.2, 0.25) is 5.91 Å². The lowest BCUT2D eigenvalue weighted by molar-refractivity contribution is -0.870. The molecule has 0 saturated carbocycles. The average Bonchev–Trinajstić information content (AvgIpc) is 3.09. The van der Waals surface area contributed by atoms with Crippen LogP contribution < -0.4 is 10.2 Å². The predicted molar refractivity (Wildman–Crippen MR) is 219 cm³/mol. The van der Waals surface area contributed by atoms with Gasteiger partial charge >= 0.3 is 0 Å². The highest BCUT2D eigenvalue weighted by molar-refractivity contribution is 7.45. The van der Waals surface area contributed by atoms with Crippen LogP contribution in [-0.2, 0) is 18.4 Å². The van der Waals surface area contributed by atoms with Crippen molar-refractivity contribution in [2.24, 2.45) is 0 Å². The highest BCUT2D eigenvalue weighted by Crippen LogP contribution is 2.38. The van der Waals surface area contributed by atoms with E-state index in [4.69, 9.17) is 9.05 Å². The van der Waals surface area contributed by atoms with Gasteiger partial charge in [-0.2, -0.15) is 0 Å². The molecule has 0 aliphatic rings. The van der Waals surface area contributed by atoms with Crippen LogP contribution in [0.4, 0.5) is 0 Å². The zero-order valence-corrected chi connectivity index (χ0v) is 36.2. The van der Waals surface area contributed by atoms with Crippen LogP contribution >= 0.6 is 7.82 Å². The van der Waals surface area contributed by atoms with E-state index in [1.54, 1.807) is 0 Å². The third-order valence-corrected chi connectivity index (χ3v) is 11.3. The predicted octanol–water partition coefficient (Wildman–Crippen LogP) is 11.6. The lowest BCUT2D eigenvalue weighted by Crippen LogP contribution is -2.46. The summed E-state index contributed by atoms with van der Waals surface area (Å²) in [5, 5.41) is 13.8. The maximum Gasteiger partial charge on any atom is 0.268 e. The van der Waals surface area contributed by atoms with Gasteiger partial charge in [0.05, 0.1) is 39.9 Å². The first-order valence-electron chi connectivity index (χ1n) is 22.4. The fourth-order valence-electron chi connectivity index (χ4n) is 6.75. The number of nitrogens with zero attached hydrogens (tertiary/aromatic N) is 1. The highest BCUT2D eigenvalue weighted by Gasteiger charge is 2.24. The van der Waals surface area contributed by atoms with Gasteiger partial charge in [0.1, 0.15) is 13.2 Å². The molecule has 0 aromatic carbocycles. The first kappa shape index (κ1) is 51.5. The maximum atomic E-state index is 12.6. The minimum Gasteiger partial charge on any atom is -0.756 e. The van der Waals surface area contributed by atoms with Crippen LogP contribution in [-0.4, -0.2) is 68.5 Å². The minimum absolute atomic E-state index is 0.0151. The van der Waals surface area contributed by atoms with Gasteiger partial charge in [-0.15, -0.1) is 0 Å². The molecule has 3 unspecified atom stereocenters. The van der Waals surface area contributed by atoms with Crippen molar-refractivity contribution < 1.29 is 32.9 Å². The van der Waals surface area contributed by atoms with Crippen LogP contribution in [0.25, 0.3) is 0 Å². The van der Waals surface area contributed by atoms with Gasteiger partial charge in [-0.3, -0.25) is 9.36 Å². The fourth-order valence-corrected chi connectivity index (χ4v) is 7.47. The standard InChI is InChI=1S/C43H89N2O6P/c1-6-8-10-12-13-14-15-16-17-18-19-20-21-22-23-24-25-26-27-28-29-30-31-33-34-36-42(46)41(44-43(47)37-35-32-11-9-7-2)40-51-52(48,49)50-39-38-45(3,4)5/h41-42,46H,6-40H2,1-5H3,(H-,44,47,48,49). The van der Waals surface area contributed by atoms with Crippen LogP contribution in [0, 0.1) is 0 Å². The highest BCUT2D eigenvalue weighted by atomic mass is 31.2. The first-order chi connectivity index (χ1) is 25.0. The molecule has 0 fully saturated rings. The Labute approximate surface area is 323 Å². The molecule has 1 amide bonds. The van der Waals surface area contributed by atoms with Crippen molar-refractivity contribution in [2.75, 3.05) is 40.9 Å². The zero-order valence-electron chi connectivity index (χ0n) is 35.3. The van der Waals surface area contributed by atoms with Crippen molar-refractivity contribution in [3.63, 3.8) is 0 Å². The van der Waals surface area contributed by atoms with Gasteiger partial charge in [-0.25, -0.2) is 0 Å². The van der Waals surface area contributed by atoms with Crippen molar-refractivity contribution in [1.29, 1.82) is 0 Å². The fraction of sp³-hybridized carbons (Fsp3) is 0.977. The molecule has 0 radical (unpaired) electrons. The number of hydrogen-bond acceptors (Lipinski definition) is 6. The largest absolute Gasteiger partial charge is 0.756 e. The molecule has 0 spiro atoms. The third kappa shape index (κ3) is 37.8. The Kier molecular flexibility index (Phi) is 35.8. The molecule has 0 bridgehead atoms. The van der Waals surface area contributed by atoms with Crippen LogP contribution in [0.5, 0.6) is 0 Å². The summed E-state index contributed by atoms with van der Waals surface area (Å²) in [5.41, 5.74) is 0. The van der Waals surface area contributed by atoms with Gasteiger partial charge in [-0.1, -0.05) is 200 Å². The summed E-state index contributed by atoms with van der Waals surface area (Å²) in [4.78, 5) is 25.0. The van der Waals surface area contributed by atoms with Gasteiger partial charge < -0.3 is 28.8 Å². The van der Waals surface area contributed by atoms with E-state index in [1.807, 2.05) is 21.1 Å². The molecule has 0 heterocycles. The Morgan fingerprint density at radius 1 is 0.596 bits per heavy atom. The lowest BCUT2D eigenvalue weighted by Gasteiger charge is -2.30. The molecular formula is C43H89N2O6P. The van der Waals surface area contributed by atoms with Crippen LogP contribution in [0.1, 0.15) is 219 Å². The van der Waals surface area contributed by atoms with E-state index in [0.717, 1.165) is 51.4 Å². The molecule has 0 aliphatic heterocycles. The normalized spacial score (nSPS) is 14.4. The summed E-state index contributed by atoms with van der Waals surface area (Å²) in [6.07, 6.45) is 38.8. The van der Waals surface area contributed by atoms with E-state index in [0.29, 0.717) is 23.9 Å². The number of likely N-dealkylation sites (N-methyl/N-ethyl adjacent to an activating group) is 1. The number of aliphatic hydroxyl groups excluding tert-OH is 1. The number of amides is 1. The number of phosphoric ester groups is 1. The molecule has 0 aliphatic carbocycles. The number of carbonyl (C=O) groups excluding carboxylic acids is 1. The number of hydrogen-bond donors (Lipinski definition) is 2. The smallest absolute Gasteiger partial charge is 0.268 e. The van der Waals surface area contributed by atoms with E-state index in [1.165, 1.54) is 141 Å². The molecule has 9 heteroatoms. The molecule has 0 saturated heterocycles. The number of unbranched alkanes of at least 4 members (excludes halogenated alkanes) is 28. The molecule has 312 valence electrons. The summed E-state index contributed by atoms with van der Waals surface area (Å²) in [7, 11) is 1.31. The second-order valence-electron chi connectivity index (χ2n) is 16.8. The van der Waals surface area contributed by atoms with Crippen LogP contribution in [0.15, 0.2) is 0 Å². The van der Waals surface area contributed by atoms with Crippen LogP contribution in [0.2, 0.25) is 0 Å². The van der Waals surface area contributed by atoms with Crippen molar-refractivity contribution in [3.05, 3.63) is 0 Å². The molecule has 2 N–H and O–H groups in total. The SMILES string of the molecule is CCCCCCCCCCCCCCCCCCCCCCCCCCCC(O)C(COP(=O)([O-])OCC[N+](C)(C)C)NC(=O)CCCCCCC. The topological polar surface area (TPSA) is 108 Å². The Balaban J connectivity index is 3.97. The summed E-state index contributed by atoms with van der Waals surface area (Å²) in [6.45, 7) is 4.64. The third-order valence-electron chi connectivity index (χ3n) is 10.3. The summed E-state index contributed by atoms with van der Waals surface area (Å²) in [5.74, 6) is -0.175. The van der Waals surface area contributed by atoms with Gasteiger partial charge in [0.15, 0.2) is 0 Å². The number of aliphatic hydroxyl groups is 1. The molecule has 3 atom stereocenters. The van der Waals surface area contributed by atoms with Crippen molar-refractivity contribution in [2.45, 2.75) is 231 Å². The zero-order chi connectivity index (χ0) is 38.6. The molecule has 0 aromatic rings. The van der Waals surface area contributed by atoms with E-state index in [2.05, 4.69) is 19.2 Å². The van der Waals surface area contributed by atoms with E-state index < -0.39 is 20.0 Å². The summed E-state index contributed by atoms with van der Waals surface area (Å²) >= 11 is 0.